The van der Waals surface area contributed by atoms with Crippen molar-refractivity contribution in [2.75, 3.05) is 12.9 Å². The van der Waals surface area contributed by atoms with Crippen molar-refractivity contribution >= 4 is 11.8 Å². The molecule has 0 atom stereocenters. The van der Waals surface area contributed by atoms with Crippen molar-refractivity contribution in [3.8, 4) is 11.4 Å². The fraction of sp³-hybridized carbons (Fsp3) is 0.250. The summed E-state index contributed by atoms with van der Waals surface area (Å²) in [7, 11) is 1.64. The van der Waals surface area contributed by atoms with Crippen LogP contribution < -0.4 is 4.74 Å². The molecule has 1 aromatic carbocycles. The molecule has 1 heterocycles. The number of ether oxygens (including phenoxy) is 1. The Balaban J connectivity index is 2.21. The van der Waals surface area contributed by atoms with Gasteiger partial charge in [-0.3, -0.25) is 0 Å². The second-order valence-corrected chi connectivity index (χ2v) is 4.76. The van der Waals surface area contributed by atoms with Crippen molar-refractivity contribution in [3.63, 3.8) is 0 Å². The van der Waals surface area contributed by atoms with Crippen LogP contribution in [0.2, 0.25) is 0 Å². The van der Waals surface area contributed by atoms with Gasteiger partial charge in [0, 0.05) is 5.75 Å². The molecule has 6 heteroatoms. The lowest BCUT2D eigenvalue weighted by Crippen LogP contribution is -1.99. The molecule has 1 aromatic heterocycles. The van der Waals surface area contributed by atoms with E-state index in [9.17, 15) is 0 Å². The van der Waals surface area contributed by atoms with Crippen LogP contribution >= 0.6 is 11.8 Å². The first-order valence-corrected chi connectivity index (χ1v) is 6.39. The third-order valence-corrected chi connectivity index (χ3v) is 3.36. The number of rotatable bonds is 5. The van der Waals surface area contributed by atoms with Gasteiger partial charge >= 0.3 is 0 Å². The van der Waals surface area contributed by atoms with Gasteiger partial charge in [-0.05, 0) is 41.6 Å². The highest BCUT2D eigenvalue weighted by molar-refractivity contribution is 7.99. The van der Waals surface area contributed by atoms with Crippen LogP contribution in [0.3, 0.4) is 0 Å². The first-order valence-electron chi connectivity index (χ1n) is 5.40. The van der Waals surface area contributed by atoms with Crippen LogP contribution in [0.4, 0.5) is 0 Å². The number of thioether (sulfide) groups is 1. The van der Waals surface area contributed by atoms with Crippen molar-refractivity contribution in [2.24, 2.45) is 0 Å². The van der Waals surface area contributed by atoms with Crippen LogP contribution in [0.1, 0.15) is 6.92 Å². The lowest BCUT2D eigenvalue weighted by Gasteiger charge is -2.05. The summed E-state index contributed by atoms with van der Waals surface area (Å²) in [4.78, 5) is 0. The smallest absolute Gasteiger partial charge is 0.214 e. The van der Waals surface area contributed by atoms with Gasteiger partial charge < -0.3 is 4.74 Å². The summed E-state index contributed by atoms with van der Waals surface area (Å²) in [5.41, 5.74) is 1.99. The summed E-state index contributed by atoms with van der Waals surface area (Å²) in [6, 6.07) is 7.59. The zero-order chi connectivity index (χ0) is 13.0. The molecular formula is C12H14N4OS. The molecule has 0 N–H and O–H groups in total. The molecule has 0 radical (unpaired) electrons. The van der Waals surface area contributed by atoms with Crippen molar-refractivity contribution in [1.29, 1.82) is 0 Å². The fourth-order valence-corrected chi connectivity index (χ4v) is 2.08. The van der Waals surface area contributed by atoms with Gasteiger partial charge in [0.15, 0.2) is 0 Å². The Morgan fingerprint density at radius 2 is 2.11 bits per heavy atom. The summed E-state index contributed by atoms with van der Waals surface area (Å²) < 4.78 is 6.82. The van der Waals surface area contributed by atoms with E-state index in [0.29, 0.717) is 0 Å². The first-order chi connectivity index (χ1) is 8.70. The summed E-state index contributed by atoms with van der Waals surface area (Å²) in [5, 5.41) is 12.4. The lowest BCUT2D eigenvalue weighted by atomic mass is 10.3. The predicted molar refractivity (Wildman–Crippen MR) is 71.2 cm³/mol. The Morgan fingerprint density at radius 1 is 1.39 bits per heavy atom. The molecular weight excluding hydrogens is 248 g/mol. The molecule has 0 aliphatic carbocycles. The molecule has 0 aliphatic rings. The van der Waals surface area contributed by atoms with Gasteiger partial charge in [0.25, 0.3) is 0 Å². The zero-order valence-electron chi connectivity index (χ0n) is 10.3. The number of tetrazole rings is 1. The average Bonchev–Trinajstić information content (AvgIpc) is 2.85. The third-order valence-electron chi connectivity index (χ3n) is 2.21. The molecule has 0 saturated carbocycles. The van der Waals surface area contributed by atoms with E-state index in [0.717, 1.165) is 27.9 Å². The Hall–Kier alpha value is -1.82. The molecule has 0 bridgehead atoms. The maximum absolute atomic E-state index is 5.12. The molecule has 2 aromatic rings. The van der Waals surface area contributed by atoms with E-state index in [2.05, 4.69) is 22.1 Å². The molecule has 94 valence electrons. The minimum Gasteiger partial charge on any atom is -0.497 e. The number of benzene rings is 1. The van der Waals surface area contributed by atoms with E-state index >= 15 is 0 Å². The second kappa shape index (κ2) is 5.68. The zero-order valence-corrected chi connectivity index (χ0v) is 11.1. The molecule has 0 amide bonds. The standard InChI is InChI=1S/C12H14N4OS/c1-9(2)8-18-12-13-14-15-16(12)10-4-6-11(17-3)7-5-10/h4-7H,1,8H2,2-3H3. The van der Waals surface area contributed by atoms with Crippen LogP contribution in [-0.2, 0) is 0 Å². The number of hydrogen-bond acceptors (Lipinski definition) is 5. The Morgan fingerprint density at radius 3 is 2.72 bits per heavy atom. The number of nitrogens with zero attached hydrogens (tertiary/aromatic N) is 4. The summed E-state index contributed by atoms with van der Waals surface area (Å²) in [6.07, 6.45) is 0. The molecule has 18 heavy (non-hydrogen) atoms. The van der Waals surface area contributed by atoms with Crippen molar-refractivity contribution < 1.29 is 4.74 Å². The maximum Gasteiger partial charge on any atom is 0.214 e. The van der Waals surface area contributed by atoms with Gasteiger partial charge in [-0.15, -0.1) is 5.10 Å². The molecule has 0 unspecified atom stereocenters. The van der Waals surface area contributed by atoms with Crippen molar-refractivity contribution in [1.82, 2.24) is 20.2 Å². The number of hydrogen-bond donors (Lipinski definition) is 0. The van der Waals surface area contributed by atoms with Gasteiger partial charge in [-0.1, -0.05) is 23.9 Å². The monoisotopic (exact) mass is 262 g/mol. The fourth-order valence-electron chi connectivity index (χ4n) is 1.34. The van der Waals surface area contributed by atoms with E-state index in [4.69, 9.17) is 4.74 Å². The van der Waals surface area contributed by atoms with E-state index in [-0.39, 0.29) is 0 Å². The van der Waals surface area contributed by atoms with Gasteiger partial charge in [0.05, 0.1) is 12.8 Å². The minimum absolute atomic E-state index is 0.753. The van der Waals surface area contributed by atoms with E-state index in [1.54, 1.807) is 23.6 Å². The van der Waals surface area contributed by atoms with Crippen molar-refractivity contribution in [2.45, 2.75) is 12.1 Å². The van der Waals surface area contributed by atoms with Crippen LogP contribution in [0, 0.1) is 0 Å². The van der Waals surface area contributed by atoms with Crippen LogP contribution in [0.5, 0.6) is 5.75 Å². The Labute approximate surface area is 110 Å². The predicted octanol–water partition coefficient (Wildman–Crippen LogP) is 2.34. The SMILES string of the molecule is C=C(C)CSc1nnnn1-c1ccc(OC)cc1. The molecule has 2 rings (SSSR count). The molecule has 0 fully saturated rings. The Kier molecular flexibility index (Phi) is 3.99. The van der Waals surface area contributed by atoms with Gasteiger partial charge in [0.1, 0.15) is 5.75 Å². The van der Waals surface area contributed by atoms with Gasteiger partial charge in [-0.25, -0.2) is 0 Å². The van der Waals surface area contributed by atoms with Gasteiger partial charge in [0.2, 0.25) is 5.16 Å². The second-order valence-electron chi connectivity index (χ2n) is 3.82. The highest BCUT2D eigenvalue weighted by Gasteiger charge is 2.08. The molecule has 5 nitrogen and oxygen atoms in total. The number of aromatic nitrogens is 4. The topological polar surface area (TPSA) is 52.8 Å². The third kappa shape index (κ3) is 2.89. The number of methoxy groups -OCH3 is 1. The van der Waals surface area contributed by atoms with Crippen LogP contribution in [0.15, 0.2) is 41.6 Å². The highest BCUT2D eigenvalue weighted by atomic mass is 32.2. The largest absolute Gasteiger partial charge is 0.497 e. The van der Waals surface area contributed by atoms with E-state index in [1.165, 1.54) is 0 Å². The lowest BCUT2D eigenvalue weighted by molar-refractivity contribution is 0.414. The summed E-state index contributed by atoms with van der Waals surface area (Å²) >= 11 is 1.56. The van der Waals surface area contributed by atoms with Crippen LogP contribution in [0.25, 0.3) is 5.69 Å². The maximum atomic E-state index is 5.12. The van der Waals surface area contributed by atoms with E-state index in [1.807, 2.05) is 31.2 Å². The first kappa shape index (κ1) is 12.6. The van der Waals surface area contributed by atoms with E-state index < -0.39 is 0 Å². The van der Waals surface area contributed by atoms with Crippen LogP contribution in [-0.4, -0.2) is 33.1 Å². The van der Waals surface area contributed by atoms with Gasteiger partial charge in [-0.2, -0.15) is 4.68 Å². The molecule has 0 aliphatic heterocycles. The molecule has 0 saturated heterocycles. The average molecular weight is 262 g/mol. The summed E-state index contributed by atoms with van der Waals surface area (Å²) in [6.45, 7) is 5.85. The summed E-state index contributed by atoms with van der Waals surface area (Å²) in [5.74, 6) is 1.61. The highest BCUT2D eigenvalue weighted by Crippen LogP contribution is 2.21. The quantitative estimate of drug-likeness (QED) is 0.611. The Bertz CT molecular complexity index is 535. The van der Waals surface area contributed by atoms with Crippen molar-refractivity contribution in [3.05, 3.63) is 36.4 Å². The normalized spacial score (nSPS) is 10.3. The minimum atomic E-state index is 0.753. The molecule has 0 spiro atoms.